The van der Waals surface area contributed by atoms with Crippen molar-refractivity contribution in [2.75, 3.05) is 26.2 Å². The van der Waals surface area contributed by atoms with E-state index in [1.165, 1.54) is 37.8 Å². The van der Waals surface area contributed by atoms with Crippen LogP contribution in [-0.2, 0) is 11.2 Å². The summed E-state index contributed by atoms with van der Waals surface area (Å²) < 4.78 is 12.8. The van der Waals surface area contributed by atoms with Crippen LogP contribution in [0.4, 0.5) is 4.39 Å². The van der Waals surface area contributed by atoms with Crippen molar-refractivity contribution in [2.45, 2.75) is 32.1 Å². The Balaban J connectivity index is 1.38. The Morgan fingerprint density at radius 3 is 2.55 bits per heavy atom. The predicted molar refractivity (Wildman–Crippen MR) is 85.0 cm³/mol. The molecule has 1 aromatic carbocycles. The highest BCUT2D eigenvalue weighted by atomic mass is 19.1. The van der Waals surface area contributed by atoms with Crippen LogP contribution in [0.3, 0.4) is 0 Å². The van der Waals surface area contributed by atoms with Crippen LogP contribution in [0.1, 0.15) is 31.2 Å². The number of fused-ring (bicyclic) bond motifs is 2. The van der Waals surface area contributed by atoms with Crippen molar-refractivity contribution in [1.82, 2.24) is 10.2 Å². The maximum absolute atomic E-state index is 12.8. The van der Waals surface area contributed by atoms with Crippen LogP contribution in [0.5, 0.6) is 0 Å². The molecule has 2 fully saturated rings. The molecule has 3 rings (SSSR count). The van der Waals surface area contributed by atoms with Crippen molar-refractivity contribution in [3.8, 4) is 0 Å². The summed E-state index contributed by atoms with van der Waals surface area (Å²) >= 11 is 0. The number of amides is 1. The first-order chi connectivity index (χ1) is 10.7. The lowest BCUT2D eigenvalue weighted by Crippen LogP contribution is -2.47. The summed E-state index contributed by atoms with van der Waals surface area (Å²) in [5, 5.41) is 2.98. The van der Waals surface area contributed by atoms with E-state index in [0.29, 0.717) is 13.1 Å². The van der Waals surface area contributed by atoms with Crippen LogP contribution >= 0.6 is 0 Å². The summed E-state index contributed by atoms with van der Waals surface area (Å²) in [4.78, 5) is 14.4. The third-order valence-corrected chi connectivity index (χ3v) is 4.94. The Morgan fingerprint density at radius 2 is 1.86 bits per heavy atom. The number of halogens is 1. The second-order valence-electron chi connectivity index (χ2n) is 6.82. The van der Waals surface area contributed by atoms with Crippen LogP contribution in [0.2, 0.25) is 0 Å². The molecule has 1 saturated carbocycles. The topological polar surface area (TPSA) is 32.3 Å². The number of hydrogen-bond acceptors (Lipinski definition) is 2. The van der Waals surface area contributed by atoms with Gasteiger partial charge in [0.1, 0.15) is 5.82 Å². The number of likely N-dealkylation sites (tertiary alicyclic amines) is 1. The van der Waals surface area contributed by atoms with Gasteiger partial charge in [0.05, 0.1) is 6.54 Å². The normalized spacial score (nSPS) is 25.0. The average Bonchev–Trinajstić information content (AvgIpc) is 2.49. The molecule has 1 amide bonds. The second-order valence-corrected chi connectivity index (χ2v) is 6.82. The minimum absolute atomic E-state index is 0.113. The minimum atomic E-state index is -0.219. The van der Waals surface area contributed by atoms with Gasteiger partial charge in [-0.1, -0.05) is 18.6 Å². The summed E-state index contributed by atoms with van der Waals surface area (Å²) in [5.74, 6) is 1.50. The van der Waals surface area contributed by atoms with Crippen LogP contribution in [0, 0.1) is 17.7 Å². The van der Waals surface area contributed by atoms with Gasteiger partial charge in [-0.05, 0) is 55.2 Å². The summed E-state index contributed by atoms with van der Waals surface area (Å²) in [6.45, 7) is 3.31. The molecule has 120 valence electrons. The molecule has 0 unspecified atom stereocenters. The number of rotatable bonds is 5. The van der Waals surface area contributed by atoms with Crippen LogP contribution in [0.25, 0.3) is 0 Å². The molecule has 1 saturated heterocycles. The summed E-state index contributed by atoms with van der Waals surface area (Å²) in [6.07, 6.45) is 6.14. The maximum Gasteiger partial charge on any atom is 0.234 e. The van der Waals surface area contributed by atoms with Crippen molar-refractivity contribution in [1.29, 1.82) is 0 Å². The number of benzene rings is 1. The number of carbonyl (C=O) groups is 1. The van der Waals surface area contributed by atoms with E-state index in [4.69, 9.17) is 0 Å². The van der Waals surface area contributed by atoms with Gasteiger partial charge in [-0.15, -0.1) is 0 Å². The van der Waals surface area contributed by atoms with E-state index < -0.39 is 0 Å². The van der Waals surface area contributed by atoms with Crippen molar-refractivity contribution in [3.05, 3.63) is 35.6 Å². The molecule has 3 nitrogen and oxygen atoms in total. The minimum Gasteiger partial charge on any atom is -0.355 e. The summed E-state index contributed by atoms with van der Waals surface area (Å²) in [5.41, 5.74) is 1.05. The predicted octanol–water partition coefficient (Wildman–Crippen LogP) is 2.61. The van der Waals surface area contributed by atoms with Crippen molar-refractivity contribution >= 4 is 5.91 Å². The van der Waals surface area contributed by atoms with E-state index in [9.17, 15) is 9.18 Å². The van der Waals surface area contributed by atoms with Crippen LogP contribution in [-0.4, -0.2) is 37.0 Å². The molecule has 22 heavy (non-hydrogen) atoms. The molecule has 4 heteroatoms. The fourth-order valence-electron chi connectivity index (χ4n) is 3.92. The average molecular weight is 304 g/mol. The zero-order valence-corrected chi connectivity index (χ0v) is 13.1. The Kier molecular flexibility index (Phi) is 5.08. The summed E-state index contributed by atoms with van der Waals surface area (Å²) in [7, 11) is 0. The van der Waals surface area contributed by atoms with E-state index in [1.807, 2.05) is 0 Å². The number of carbonyl (C=O) groups excluding carboxylic acids is 1. The molecule has 2 bridgehead atoms. The molecule has 1 aliphatic carbocycles. The van der Waals surface area contributed by atoms with E-state index in [2.05, 4.69) is 10.2 Å². The molecule has 2 atom stereocenters. The van der Waals surface area contributed by atoms with Crippen LogP contribution in [0.15, 0.2) is 24.3 Å². The highest BCUT2D eigenvalue weighted by Crippen LogP contribution is 2.34. The van der Waals surface area contributed by atoms with Gasteiger partial charge in [0.2, 0.25) is 5.91 Å². The zero-order valence-electron chi connectivity index (χ0n) is 13.1. The Bertz CT molecular complexity index is 490. The Morgan fingerprint density at radius 1 is 1.18 bits per heavy atom. The standard InChI is InChI=1S/C18H25FN2O/c19-17-6-4-14(5-7-17)8-9-20-18(22)13-21-11-15-2-1-3-16(10-15)12-21/h4-7,15-16H,1-3,8-13H2,(H,20,22)/t15-,16-/m0/s1. The molecule has 1 aromatic rings. The van der Waals surface area contributed by atoms with Crippen LogP contribution < -0.4 is 5.32 Å². The molecule has 2 aliphatic rings. The van der Waals surface area contributed by atoms with Gasteiger partial charge in [-0.3, -0.25) is 9.69 Å². The van der Waals surface area contributed by atoms with Crippen molar-refractivity contribution < 1.29 is 9.18 Å². The number of hydrogen-bond donors (Lipinski definition) is 1. The van der Waals surface area contributed by atoms with Crippen molar-refractivity contribution in [2.24, 2.45) is 11.8 Å². The SMILES string of the molecule is O=C(CN1C[C@H]2CCC[C@@H](C2)C1)NCCc1ccc(F)cc1. The van der Waals surface area contributed by atoms with Gasteiger partial charge in [-0.25, -0.2) is 4.39 Å². The first-order valence-electron chi connectivity index (χ1n) is 8.42. The number of nitrogens with zero attached hydrogens (tertiary/aromatic N) is 1. The lowest BCUT2D eigenvalue weighted by molar-refractivity contribution is -0.123. The fourth-order valence-corrected chi connectivity index (χ4v) is 3.92. The van der Waals surface area contributed by atoms with E-state index in [-0.39, 0.29) is 11.7 Å². The van der Waals surface area contributed by atoms with Gasteiger partial charge < -0.3 is 5.32 Å². The monoisotopic (exact) mass is 304 g/mol. The Labute approximate surface area is 131 Å². The largest absolute Gasteiger partial charge is 0.355 e. The number of piperidine rings is 1. The third-order valence-electron chi connectivity index (χ3n) is 4.94. The molecule has 1 aliphatic heterocycles. The third kappa shape index (κ3) is 4.29. The maximum atomic E-state index is 12.8. The van der Waals surface area contributed by atoms with Gasteiger partial charge in [0.15, 0.2) is 0 Å². The molecule has 1 N–H and O–H groups in total. The van der Waals surface area contributed by atoms with Gasteiger partial charge in [-0.2, -0.15) is 0 Å². The quantitative estimate of drug-likeness (QED) is 0.907. The fraction of sp³-hybridized carbons (Fsp3) is 0.611. The van der Waals surface area contributed by atoms with Gasteiger partial charge >= 0.3 is 0 Å². The lowest BCUT2D eigenvalue weighted by atomic mass is 9.78. The molecule has 0 spiro atoms. The van der Waals surface area contributed by atoms with E-state index in [1.54, 1.807) is 12.1 Å². The van der Waals surface area contributed by atoms with Gasteiger partial charge in [0.25, 0.3) is 0 Å². The molecule has 0 radical (unpaired) electrons. The Hall–Kier alpha value is -1.42. The first kappa shape index (κ1) is 15.5. The lowest BCUT2D eigenvalue weighted by Gasteiger charge is -2.41. The molecule has 1 heterocycles. The summed E-state index contributed by atoms with van der Waals surface area (Å²) in [6, 6.07) is 6.47. The van der Waals surface area contributed by atoms with Crippen molar-refractivity contribution in [3.63, 3.8) is 0 Å². The highest BCUT2D eigenvalue weighted by molar-refractivity contribution is 5.78. The number of nitrogens with one attached hydrogen (secondary N) is 1. The first-order valence-corrected chi connectivity index (χ1v) is 8.42. The smallest absolute Gasteiger partial charge is 0.234 e. The molecular weight excluding hydrogens is 279 g/mol. The molecule has 0 aromatic heterocycles. The van der Waals surface area contributed by atoms with Gasteiger partial charge in [0, 0.05) is 19.6 Å². The molecular formula is C18H25FN2O. The zero-order chi connectivity index (χ0) is 15.4. The highest BCUT2D eigenvalue weighted by Gasteiger charge is 2.30. The second kappa shape index (κ2) is 7.23. The van der Waals surface area contributed by atoms with E-state index >= 15 is 0 Å². The van der Waals surface area contributed by atoms with E-state index in [0.717, 1.165) is 36.9 Å².